The summed E-state index contributed by atoms with van der Waals surface area (Å²) < 4.78 is 7.19. The van der Waals surface area contributed by atoms with Gasteiger partial charge >= 0.3 is 0 Å². The van der Waals surface area contributed by atoms with Crippen LogP contribution in [0.4, 0.5) is 0 Å². The van der Waals surface area contributed by atoms with Crippen LogP contribution in [0.5, 0.6) is 0 Å². The molecule has 2 heterocycles. The molecule has 33 heavy (non-hydrogen) atoms. The minimum absolute atomic E-state index is 0.208. The van der Waals surface area contributed by atoms with Crippen LogP contribution in [-0.4, -0.2) is 20.5 Å². The molecule has 2 aromatic rings. The number of oxazole rings is 1. The van der Waals surface area contributed by atoms with Crippen molar-refractivity contribution >= 4 is 5.78 Å². The minimum Gasteiger partial charge on any atom is -0.444 e. The van der Waals surface area contributed by atoms with Crippen molar-refractivity contribution in [3.8, 4) is 11.5 Å². The number of fused-ring (bicyclic) bond motifs is 7. The number of Topliss-reactive ketones (excluding diaryl/α,β-unsaturated/α-hetero) is 1. The number of hydrogen-bond acceptors (Lipinski definition) is 4. The summed E-state index contributed by atoms with van der Waals surface area (Å²) in [5.41, 5.74) is 1.05. The van der Waals surface area contributed by atoms with E-state index in [0.717, 1.165) is 47.0 Å². The molecule has 176 valence electrons. The number of hydrogen-bond donors (Lipinski definition) is 0. The molecule has 0 spiro atoms. The SMILES string of the molecule is C[C@H]1CC[C@H]2[C@H](CC[C@H]3C4[C@@H]5C[C@@H]5[C@H](C(=O)Cn5cc(-c6ncco6)cn5)[C@@]4(C)CC[C@H]23)C1. The Labute approximate surface area is 196 Å². The summed E-state index contributed by atoms with van der Waals surface area (Å²) in [5, 5.41) is 4.46. The van der Waals surface area contributed by atoms with E-state index in [1.54, 1.807) is 23.3 Å². The summed E-state index contributed by atoms with van der Waals surface area (Å²) in [7, 11) is 0. The molecule has 0 bridgehead atoms. The molecule has 1 unspecified atom stereocenters. The number of nitrogens with zero attached hydrogens (tertiary/aromatic N) is 3. The van der Waals surface area contributed by atoms with Crippen LogP contribution in [0.1, 0.15) is 65.2 Å². The predicted octanol–water partition coefficient (Wildman–Crippen LogP) is 5.87. The van der Waals surface area contributed by atoms with Gasteiger partial charge in [-0.25, -0.2) is 4.98 Å². The molecule has 0 radical (unpaired) electrons. The topological polar surface area (TPSA) is 60.9 Å². The van der Waals surface area contributed by atoms with Crippen LogP contribution in [-0.2, 0) is 11.3 Å². The molecule has 5 aliphatic carbocycles. The molecular formula is C28H37N3O2. The molecule has 5 aliphatic rings. The lowest BCUT2D eigenvalue weighted by Gasteiger charge is -2.57. The molecule has 7 rings (SSSR count). The summed E-state index contributed by atoms with van der Waals surface area (Å²) in [6.45, 7) is 5.35. The number of aromatic nitrogens is 3. The first-order chi connectivity index (χ1) is 16.0. The van der Waals surface area contributed by atoms with E-state index in [1.165, 1.54) is 51.4 Å². The number of carbonyl (C=O) groups is 1. The average molecular weight is 448 g/mol. The molecule has 0 N–H and O–H groups in total. The van der Waals surface area contributed by atoms with Gasteiger partial charge in [-0.05, 0) is 97.7 Å². The Hall–Kier alpha value is -1.91. The third-order valence-electron chi connectivity index (χ3n) is 11.0. The van der Waals surface area contributed by atoms with Gasteiger partial charge in [0.25, 0.3) is 0 Å². The lowest BCUT2D eigenvalue weighted by atomic mass is 9.48. The molecule has 0 aliphatic heterocycles. The summed E-state index contributed by atoms with van der Waals surface area (Å²) in [4.78, 5) is 17.9. The van der Waals surface area contributed by atoms with E-state index in [1.807, 2.05) is 6.20 Å². The molecule has 5 fully saturated rings. The first-order valence-corrected chi connectivity index (χ1v) is 13.5. The van der Waals surface area contributed by atoms with Gasteiger partial charge in [-0.1, -0.05) is 20.3 Å². The zero-order valence-electron chi connectivity index (χ0n) is 20.0. The van der Waals surface area contributed by atoms with Gasteiger partial charge in [0.15, 0.2) is 5.78 Å². The molecule has 0 amide bonds. The first kappa shape index (κ1) is 20.5. The lowest BCUT2D eigenvalue weighted by Crippen LogP contribution is -2.51. The molecule has 5 saturated carbocycles. The van der Waals surface area contributed by atoms with Crippen molar-refractivity contribution in [2.45, 2.75) is 71.8 Å². The Morgan fingerprint density at radius 2 is 1.97 bits per heavy atom. The number of rotatable bonds is 4. The third-order valence-corrected chi connectivity index (χ3v) is 11.0. The van der Waals surface area contributed by atoms with E-state index in [2.05, 4.69) is 23.9 Å². The first-order valence-electron chi connectivity index (χ1n) is 13.5. The summed E-state index contributed by atoms with van der Waals surface area (Å²) in [6.07, 6.45) is 18.1. The monoisotopic (exact) mass is 447 g/mol. The molecule has 0 aromatic carbocycles. The van der Waals surface area contributed by atoms with Crippen LogP contribution >= 0.6 is 0 Å². The molecule has 5 nitrogen and oxygen atoms in total. The molecule has 10 atom stereocenters. The van der Waals surface area contributed by atoms with Crippen LogP contribution in [0.3, 0.4) is 0 Å². The van der Waals surface area contributed by atoms with E-state index in [4.69, 9.17) is 4.42 Å². The van der Waals surface area contributed by atoms with E-state index in [-0.39, 0.29) is 11.3 Å². The van der Waals surface area contributed by atoms with Gasteiger partial charge in [0.1, 0.15) is 6.26 Å². The predicted molar refractivity (Wildman–Crippen MR) is 125 cm³/mol. The smallest absolute Gasteiger partial charge is 0.229 e. The van der Waals surface area contributed by atoms with E-state index < -0.39 is 0 Å². The van der Waals surface area contributed by atoms with Gasteiger partial charge in [0.2, 0.25) is 5.89 Å². The van der Waals surface area contributed by atoms with Crippen LogP contribution in [0.15, 0.2) is 29.3 Å². The average Bonchev–Trinajstić information content (AvgIpc) is 3.17. The van der Waals surface area contributed by atoms with Crippen molar-refractivity contribution < 1.29 is 9.21 Å². The van der Waals surface area contributed by atoms with Crippen molar-refractivity contribution in [3.05, 3.63) is 24.9 Å². The van der Waals surface area contributed by atoms with Crippen LogP contribution in [0.25, 0.3) is 11.5 Å². The highest BCUT2D eigenvalue weighted by Crippen LogP contribution is 2.74. The zero-order chi connectivity index (χ0) is 22.3. The summed E-state index contributed by atoms with van der Waals surface area (Å²) >= 11 is 0. The highest BCUT2D eigenvalue weighted by Gasteiger charge is 2.70. The van der Waals surface area contributed by atoms with E-state index in [0.29, 0.717) is 24.1 Å². The van der Waals surface area contributed by atoms with Crippen molar-refractivity contribution in [2.75, 3.05) is 0 Å². The Bertz CT molecular complexity index is 1040. The van der Waals surface area contributed by atoms with Crippen molar-refractivity contribution in [1.29, 1.82) is 0 Å². The highest BCUT2D eigenvalue weighted by molar-refractivity contribution is 5.83. The van der Waals surface area contributed by atoms with Crippen molar-refractivity contribution in [3.63, 3.8) is 0 Å². The highest BCUT2D eigenvalue weighted by atomic mass is 16.3. The fourth-order valence-corrected chi connectivity index (χ4v) is 9.84. The quantitative estimate of drug-likeness (QED) is 0.588. The summed E-state index contributed by atoms with van der Waals surface area (Å²) in [5.74, 6) is 8.18. The second kappa shape index (κ2) is 7.29. The van der Waals surface area contributed by atoms with Crippen LogP contribution in [0, 0.1) is 58.7 Å². The van der Waals surface area contributed by atoms with Crippen LogP contribution < -0.4 is 0 Å². The Kier molecular flexibility index (Phi) is 4.52. The fraction of sp³-hybridized carbons (Fsp3) is 0.750. The molecule has 5 heteroatoms. The van der Waals surface area contributed by atoms with Crippen molar-refractivity contribution in [1.82, 2.24) is 14.8 Å². The Balaban J connectivity index is 1.10. The standard InChI is InChI=1S/C28H37N3O2/c1-16-3-5-19-17(11-16)4-6-21-20(19)7-8-28(2)25(21)22-12-23(22)26(28)24(32)15-31-14-18(13-30-31)27-29-9-10-33-27/h9-10,13-14,16-17,19-23,25-26H,3-8,11-12,15H2,1-2H3/t16-,17+,19-,20+,21+,22+,23-,25?,26+,28-/m0/s1. The van der Waals surface area contributed by atoms with Gasteiger partial charge in [-0.15, -0.1) is 0 Å². The van der Waals surface area contributed by atoms with Gasteiger partial charge in [0, 0.05) is 12.1 Å². The number of ketones is 1. The van der Waals surface area contributed by atoms with E-state index in [9.17, 15) is 4.79 Å². The second-order valence-electron chi connectivity index (χ2n) is 12.6. The number of carbonyl (C=O) groups excluding carboxylic acids is 1. The molecule has 0 saturated heterocycles. The van der Waals surface area contributed by atoms with Gasteiger partial charge in [-0.2, -0.15) is 5.10 Å². The maximum atomic E-state index is 13.7. The van der Waals surface area contributed by atoms with Crippen LogP contribution in [0.2, 0.25) is 0 Å². The lowest BCUT2D eigenvalue weighted by molar-refractivity contribution is -0.134. The van der Waals surface area contributed by atoms with Gasteiger partial charge in [-0.3, -0.25) is 9.48 Å². The van der Waals surface area contributed by atoms with Gasteiger partial charge < -0.3 is 4.42 Å². The Morgan fingerprint density at radius 1 is 1.09 bits per heavy atom. The van der Waals surface area contributed by atoms with E-state index >= 15 is 0 Å². The fourth-order valence-electron chi connectivity index (χ4n) is 9.84. The maximum Gasteiger partial charge on any atom is 0.229 e. The minimum atomic E-state index is 0.208. The molecular weight excluding hydrogens is 410 g/mol. The molecule has 2 aromatic heterocycles. The normalized spacial score (nSPS) is 45.6. The third kappa shape index (κ3) is 3.06. The second-order valence-corrected chi connectivity index (χ2v) is 12.6. The van der Waals surface area contributed by atoms with Crippen molar-refractivity contribution in [2.24, 2.45) is 58.7 Å². The maximum absolute atomic E-state index is 13.7. The largest absolute Gasteiger partial charge is 0.444 e. The summed E-state index contributed by atoms with van der Waals surface area (Å²) in [6, 6.07) is 0. The zero-order valence-corrected chi connectivity index (χ0v) is 20.0. The van der Waals surface area contributed by atoms with Gasteiger partial charge in [0.05, 0.1) is 24.5 Å². The Morgan fingerprint density at radius 3 is 2.82 bits per heavy atom.